The lowest BCUT2D eigenvalue weighted by atomic mass is 10.1. The van der Waals surface area contributed by atoms with Crippen molar-refractivity contribution in [3.63, 3.8) is 0 Å². The van der Waals surface area contributed by atoms with Gasteiger partial charge in [0, 0.05) is 6.08 Å². The lowest BCUT2D eigenvalue weighted by Crippen LogP contribution is -1.92. The third-order valence-corrected chi connectivity index (χ3v) is 4.10. The van der Waals surface area contributed by atoms with Crippen LogP contribution in [0.2, 0.25) is 0 Å². The van der Waals surface area contributed by atoms with Gasteiger partial charge < -0.3 is 9.84 Å². The van der Waals surface area contributed by atoms with E-state index in [1.165, 1.54) is 51.0 Å². The Morgan fingerprint density at radius 1 is 0.840 bits per heavy atom. The van der Waals surface area contributed by atoms with Crippen LogP contribution in [0.15, 0.2) is 60.8 Å². The van der Waals surface area contributed by atoms with Crippen LogP contribution in [-0.2, 0) is 9.53 Å². The van der Waals surface area contributed by atoms with Crippen molar-refractivity contribution in [3.05, 3.63) is 60.8 Å². The summed E-state index contributed by atoms with van der Waals surface area (Å²) in [7, 11) is 0. The maximum Gasteiger partial charge on any atom is 0.328 e. The monoisotopic (exact) mass is 344 g/mol. The molecule has 1 aliphatic rings. The number of carbonyl (C=O) groups is 1. The molecule has 1 rings (SSSR count). The van der Waals surface area contributed by atoms with Crippen LogP contribution in [0.1, 0.15) is 58.3 Å². The highest BCUT2D eigenvalue weighted by molar-refractivity contribution is 5.80. The molecule has 1 aliphatic heterocycles. The summed E-state index contributed by atoms with van der Waals surface area (Å²) in [6.45, 7) is 2.20. The highest BCUT2D eigenvalue weighted by Crippen LogP contribution is 2.29. The normalized spacial score (nSPS) is 20.8. The highest BCUT2D eigenvalue weighted by atomic mass is 16.6. The van der Waals surface area contributed by atoms with Crippen LogP contribution in [0.4, 0.5) is 0 Å². The molecule has 2 unspecified atom stereocenters. The van der Waals surface area contributed by atoms with Gasteiger partial charge in [0.15, 0.2) is 0 Å². The molecule has 138 valence electrons. The van der Waals surface area contributed by atoms with E-state index < -0.39 is 5.97 Å². The lowest BCUT2D eigenvalue weighted by Gasteiger charge is -1.98. The van der Waals surface area contributed by atoms with E-state index in [1.807, 2.05) is 24.3 Å². The molecule has 1 heterocycles. The van der Waals surface area contributed by atoms with E-state index in [1.54, 1.807) is 12.2 Å². The summed E-state index contributed by atoms with van der Waals surface area (Å²) in [4.78, 5) is 10.2. The lowest BCUT2D eigenvalue weighted by molar-refractivity contribution is -0.131. The molecule has 1 saturated heterocycles. The molecule has 25 heavy (non-hydrogen) atoms. The first-order valence-corrected chi connectivity index (χ1v) is 9.45. The number of aliphatic carboxylic acids is 1. The van der Waals surface area contributed by atoms with Crippen molar-refractivity contribution >= 4 is 5.97 Å². The quantitative estimate of drug-likeness (QED) is 0.189. The van der Waals surface area contributed by atoms with Gasteiger partial charge in [0.25, 0.3) is 0 Å². The van der Waals surface area contributed by atoms with Crippen LogP contribution in [-0.4, -0.2) is 23.3 Å². The van der Waals surface area contributed by atoms with Crippen LogP contribution in [0.5, 0.6) is 0 Å². The summed E-state index contributed by atoms with van der Waals surface area (Å²) in [6.07, 6.45) is 29.4. The fourth-order valence-corrected chi connectivity index (χ4v) is 2.63. The maximum absolute atomic E-state index is 10.2. The van der Waals surface area contributed by atoms with E-state index in [0.717, 1.165) is 12.5 Å². The van der Waals surface area contributed by atoms with E-state index in [4.69, 9.17) is 9.84 Å². The van der Waals surface area contributed by atoms with E-state index in [2.05, 4.69) is 19.1 Å². The Hall–Kier alpha value is -1.87. The van der Waals surface area contributed by atoms with E-state index in [-0.39, 0.29) is 0 Å². The minimum absolute atomic E-state index is 0.567. The molecule has 2 atom stereocenters. The molecular formula is C22H32O3. The summed E-state index contributed by atoms with van der Waals surface area (Å²) in [5.74, 6) is -0.934. The van der Waals surface area contributed by atoms with Gasteiger partial charge in [0.1, 0.15) is 0 Å². The summed E-state index contributed by atoms with van der Waals surface area (Å²) in [6, 6.07) is 0. The van der Waals surface area contributed by atoms with Gasteiger partial charge in [-0.1, -0.05) is 87.3 Å². The number of rotatable bonds is 14. The van der Waals surface area contributed by atoms with Gasteiger partial charge in [-0.2, -0.15) is 0 Å². The van der Waals surface area contributed by atoms with Crippen LogP contribution in [0, 0.1) is 0 Å². The number of hydrogen-bond acceptors (Lipinski definition) is 2. The van der Waals surface area contributed by atoms with Gasteiger partial charge in [0.2, 0.25) is 0 Å². The second-order valence-electron chi connectivity index (χ2n) is 6.25. The van der Waals surface area contributed by atoms with Crippen molar-refractivity contribution in [3.8, 4) is 0 Å². The molecule has 0 aliphatic carbocycles. The number of epoxide rings is 1. The summed E-state index contributed by atoms with van der Waals surface area (Å²) in [5, 5.41) is 8.41. The van der Waals surface area contributed by atoms with Crippen LogP contribution in [0.25, 0.3) is 0 Å². The molecule has 0 saturated carbocycles. The average Bonchev–Trinajstić information content (AvgIpc) is 3.36. The number of ether oxygens (including phenoxy) is 1. The Bertz CT molecular complexity index is 497. The second-order valence-corrected chi connectivity index (χ2v) is 6.25. The van der Waals surface area contributed by atoms with Gasteiger partial charge in [-0.05, 0) is 25.7 Å². The Labute approximate surface area is 152 Å². The zero-order valence-electron chi connectivity index (χ0n) is 15.3. The van der Waals surface area contributed by atoms with Gasteiger partial charge in [-0.25, -0.2) is 4.79 Å². The Balaban J connectivity index is 1.88. The number of allylic oxidation sites excluding steroid dienone is 9. The summed E-state index contributed by atoms with van der Waals surface area (Å²) in [5.41, 5.74) is 0. The Morgan fingerprint density at radius 2 is 1.44 bits per heavy atom. The van der Waals surface area contributed by atoms with Crippen molar-refractivity contribution in [2.75, 3.05) is 0 Å². The first-order valence-electron chi connectivity index (χ1n) is 9.45. The van der Waals surface area contributed by atoms with E-state index >= 15 is 0 Å². The fraction of sp³-hybridized carbons (Fsp3) is 0.500. The predicted molar refractivity (Wildman–Crippen MR) is 105 cm³/mol. The number of carboxylic acid groups (broad SMARTS) is 1. The molecule has 3 nitrogen and oxygen atoms in total. The molecule has 0 aromatic carbocycles. The standard InChI is InChI=1S/C22H32O3/c1-2-20-21(25-20)18-16-14-12-10-8-6-4-3-5-7-9-11-13-15-17-19-22(23)24/h3-5,7,9,11,13,15,17,19-21H,2,6,8,10,12,14,16,18H2,1H3,(H,23,24)/b4-3+,7-5+,11-9+,15-13+,19-17+. The molecule has 0 aromatic heterocycles. The molecular weight excluding hydrogens is 312 g/mol. The third-order valence-electron chi connectivity index (χ3n) is 4.10. The van der Waals surface area contributed by atoms with Crippen LogP contribution < -0.4 is 0 Å². The van der Waals surface area contributed by atoms with Crippen LogP contribution in [0.3, 0.4) is 0 Å². The molecule has 0 bridgehead atoms. The number of hydrogen-bond donors (Lipinski definition) is 1. The Morgan fingerprint density at radius 3 is 2.08 bits per heavy atom. The number of unbranched alkanes of at least 4 members (excludes halogenated alkanes) is 5. The predicted octanol–water partition coefficient (Wildman–Crippen LogP) is 5.76. The number of carboxylic acids is 1. The van der Waals surface area contributed by atoms with E-state index in [9.17, 15) is 4.79 Å². The van der Waals surface area contributed by atoms with Crippen molar-refractivity contribution < 1.29 is 14.6 Å². The van der Waals surface area contributed by atoms with Crippen molar-refractivity contribution in [2.24, 2.45) is 0 Å². The first kappa shape index (κ1) is 21.2. The maximum atomic E-state index is 10.2. The zero-order valence-corrected chi connectivity index (χ0v) is 15.3. The molecule has 3 heteroatoms. The minimum atomic E-state index is -0.934. The van der Waals surface area contributed by atoms with Gasteiger partial charge in [0.05, 0.1) is 12.2 Å². The second kappa shape index (κ2) is 14.5. The molecule has 0 amide bonds. The SMILES string of the molecule is CCC1OC1CCCCCCC/C=C/C=C/C=C/C=C/C=C/C(=O)O. The smallest absolute Gasteiger partial charge is 0.328 e. The topological polar surface area (TPSA) is 49.8 Å². The van der Waals surface area contributed by atoms with Crippen LogP contribution >= 0.6 is 0 Å². The first-order chi connectivity index (χ1) is 12.2. The van der Waals surface area contributed by atoms with Gasteiger partial charge in [-0.3, -0.25) is 0 Å². The third kappa shape index (κ3) is 13.1. The molecule has 0 radical (unpaired) electrons. The Kier molecular flexibility index (Phi) is 12.3. The van der Waals surface area contributed by atoms with Crippen molar-refractivity contribution in [2.45, 2.75) is 70.5 Å². The summed E-state index contributed by atoms with van der Waals surface area (Å²) >= 11 is 0. The average molecular weight is 344 g/mol. The zero-order chi connectivity index (χ0) is 18.2. The largest absolute Gasteiger partial charge is 0.478 e. The molecule has 0 spiro atoms. The molecule has 0 aromatic rings. The summed E-state index contributed by atoms with van der Waals surface area (Å²) < 4.78 is 5.55. The molecule has 1 fully saturated rings. The van der Waals surface area contributed by atoms with Gasteiger partial charge in [-0.15, -0.1) is 0 Å². The van der Waals surface area contributed by atoms with E-state index in [0.29, 0.717) is 12.2 Å². The highest BCUT2D eigenvalue weighted by Gasteiger charge is 2.35. The van der Waals surface area contributed by atoms with Crippen molar-refractivity contribution in [1.29, 1.82) is 0 Å². The van der Waals surface area contributed by atoms with Gasteiger partial charge >= 0.3 is 5.97 Å². The fourth-order valence-electron chi connectivity index (χ4n) is 2.63. The minimum Gasteiger partial charge on any atom is -0.478 e. The van der Waals surface area contributed by atoms with Crippen molar-refractivity contribution in [1.82, 2.24) is 0 Å². The molecule has 1 N–H and O–H groups in total.